The number of carbonyl (C=O) groups excluding carboxylic acids is 2. The number of rotatable bonds is 11. The fourth-order valence-corrected chi connectivity index (χ4v) is 3.36. The van der Waals surface area contributed by atoms with Crippen molar-refractivity contribution in [3.05, 3.63) is 59.2 Å². The highest BCUT2D eigenvalue weighted by Gasteiger charge is 2.18. The van der Waals surface area contributed by atoms with E-state index in [0.29, 0.717) is 35.0 Å². The van der Waals surface area contributed by atoms with Crippen molar-refractivity contribution in [2.75, 3.05) is 37.1 Å². The molecule has 1 aromatic heterocycles. The highest BCUT2D eigenvalue weighted by atomic mass is 79.9. The molecule has 0 amide bonds. The van der Waals surface area contributed by atoms with E-state index in [1.54, 1.807) is 44.3 Å². The molecule has 10 nitrogen and oxygen atoms in total. The summed E-state index contributed by atoms with van der Waals surface area (Å²) in [6, 6.07) is 14.2. The van der Waals surface area contributed by atoms with Crippen LogP contribution >= 0.6 is 15.9 Å². The van der Waals surface area contributed by atoms with E-state index in [-0.39, 0.29) is 19.2 Å². The zero-order valence-electron chi connectivity index (χ0n) is 19.3. The molecule has 0 aliphatic heterocycles. The summed E-state index contributed by atoms with van der Waals surface area (Å²) in [4.78, 5) is 33.4. The van der Waals surface area contributed by atoms with Gasteiger partial charge in [0.25, 0.3) is 0 Å². The predicted octanol–water partition coefficient (Wildman–Crippen LogP) is 4.17. The number of hydrogen-bond donors (Lipinski definition) is 1. The minimum absolute atomic E-state index is 0.108. The van der Waals surface area contributed by atoms with Crippen LogP contribution in [0.1, 0.15) is 13.8 Å². The van der Waals surface area contributed by atoms with Crippen molar-refractivity contribution in [1.29, 1.82) is 0 Å². The fourth-order valence-electron chi connectivity index (χ4n) is 2.99. The van der Waals surface area contributed by atoms with Crippen molar-refractivity contribution in [2.24, 2.45) is 0 Å². The van der Waals surface area contributed by atoms with E-state index >= 15 is 0 Å². The molecule has 0 fully saturated rings. The molecule has 0 saturated heterocycles. The molecule has 0 radical (unpaired) electrons. The van der Waals surface area contributed by atoms with Gasteiger partial charge in [0.2, 0.25) is 5.95 Å². The van der Waals surface area contributed by atoms with Gasteiger partial charge in [-0.15, -0.1) is 0 Å². The second-order valence-corrected chi connectivity index (χ2v) is 7.76. The number of aromatic nitrogens is 2. The van der Waals surface area contributed by atoms with Crippen LogP contribution in [0.3, 0.4) is 0 Å². The van der Waals surface area contributed by atoms with E-state index in [9.17, 15) is 9.59 Å². The van der Waals surface area contributed by atoms with Gasteiger partial charge in [0.05, 0.1) is 17.7 Å². The Morgan fingerprint density at radius 1 is 0.857 bits per heavy atom. The number of carbonyl (C=O) groups is 2. The Balaban J connectivity index is 1.86. The summed E-state index contributed by atoms with van der Waals surface area (Å²) < 4.78 is 21.4. The zero-order valence-corrected chi connectivity index (χ0v) is 20.9. The van der Waals surface area contributed by atoms with Crippen molar-refractivity contribution in [3.63, 3.8) is 0 Å². The topological polar surface area (TPSA) is 126 Å². The molecule has 0 unspecified atom stereocenters. The minimum atomic E-state index is -0.441. The Kier molecular flexibility index (Phi) is 9.24. The highest BCUT2D eigenvalue weighted by Crippen LogP contribution is 2.38. The van der Waals surface area contributed by atoms with Crippen LogP contribution in [0.15, 0.2) is 59.2 Å². The lowest BCUT2D eigenvalue weighted by Crippen LogP contribution is -2.16. The van der Waals surface area contributed by atoms with Gasteiger partial charge in [-0.25, -0.2) is 14.6 Å². The van der Waals surface area contributed by atoms with Gasteiger partial charge in [0, 0.05) is 17.6 Å². The number of nitrogens with zero attached hydrogens (tertiary/aromatic N) is 3. The van der Waals surface area contributed by atoms with Gasteiger partial charge in [-0.3, -0.25) is 4.90 Å². The Morgan fingerprint density at radius 2 is 1.31 bits per heavy atom. The third kappa shape index (κ3) is 7.31. The average molecular weight is 545 g/mol. The van der Waals surface area contributed by atoms with E-state index in [1.165, 1.54) is 0 Å². The van der Waals surface area contributed by atoms with Gasteiger partial charge < -0.3 is 24.7 Å². The quantitative estimate of drug-likeness (QED) is 0.351. The van der Waals surface area contributed by atoms with Crippen LogP contribution in [-0.2, 0) is 19.1 Å². The van der Waals surface area contributed by atoms with E-state index in [4.69, 9.17) is 24.7 Å². The summed E-state index contributed by atoms with van der Waals surface area (Å²) in [7, 11) is 0. The van der Waals surface area contributed by atoms with Crippen molar-refractivity contribution >= 4 is 51.0 Å². The number of nitrogens with two attached hydrogens (primary N) is 1. The molecule has 184 valence electrons. The van der Waals surface area contributed by atoms with Crippen LogP contribution < -0.4 is 20.1 Å². The third-order valence-corrected chi connectivity index (χ3v) is 5.03. The Morgan fingerprint density at radius 3 is 1.74 bits per heavy atom. The molecule has 3 rings (SSSR count). The SMILES string of the molecule is CCOC(=O)COc1ccc(N(c2ccc(OCC(=O)OCC)cc2)c2nc(N)ncc2Br)cc1. The molecular weight excluding hydrogens is 520 g/mol. The Bertz CT molecular complexity index is 1080. The highest BCUT2D eigenvalue weighted by molar-refractivity contribution is 9.10. The summed E-state index contributed by atoms with van der Waals surface area (Å²) in [6.45, 7) is 3.69. The Labute approximate surface area is 211 Å². The molecule has 0 aliphatic carbocycles. The van der Waals surface area contributed by atoms with Gasteiger partial charge in [-0.2, -0.15) is 4.98 Å². The maximum atomic E-state index is 11.6. The number of anilines is 4. The van der Waals surface area contributed by atoms with E-state index in [2.05, 4.69) is 25.9 Å². The van der Waals surface area contributed by atoms with Gasteiger partial charge in [-0.1, -0.05) is 0 Å². The number of hydrogen-bond acceptors (Lipinski definition) is 10. The van der Waals surface area contributed by atoms with Crippen molar-refractivity contribution in [1.82, 2.24) is 9.97 Å². The molecule has 2 aromatic carbocycles. The average Bonchev–Trinajstić information content (AvgIpc) is 2.86. The number of ether oxygens (including phenoxy) is 4. The minimum Gasteiger partial charge on any atom is -0.482 e. The Hall–Kier alpha value is -3.86. The monoisotopic (exact) mass is 544 g/mol. The molecular formula is C24H25BrN4O6. The van der Waals surface area contributed by atoms with Crippen LogP contribution in [0.5, 0.6) is 11.5 Å². The molecule has 0 saturated carbocycles. The van der Waals surface area contributed by atoms with E-state index < -0.39 is 11.9 Å². The lowest BCUT2D eigenvalue weighted by atomic mass is 10.2. The maximum Gasteiger partial charge on any atom is 0.344 e. The molecule has 0 atom stereocenters. The molecule has 11 heteroatoms. The molecule has 0 spiro atoms. The zero-order chi connectivity index (χ0) is 25.2. The van der Waals surface area contributed by atoms with Crippen LogP contribution in [0.4, 0.5) is 23.1 Å². The number of nitrogen functional groups attached to an aromatic ring is 1. The molecule has 3 aromatic rings. The van der Waals surface area contributed by atoms with Crippen LogP contribution in [0.2, 0.25) is 0 Å². The van der Waals surface area contributed by atoms with Crippen LogP contribution in [0, 0.1) is 0 Å². The summed E-state index contributed by atoms with van der Waals surface area (Å²) >= 11 is 3.49. The lowest BCUT2D eigenvalue weighted by molar-refractivity contribution is -0.146. The second kappa shape index (κ2) is 12.6. The number of benzene rings is 2. The first kappa shape index (κ1) is 25.8. The van der Waals surface area contributed by atoms with Crippen molar-refractivity contribution in [3.8, 4) is 11.5 Å². The standard InChI is InChI=1S/C24H25BrN4O6/c1-3-32-21(30)14-34-18-9-5-16(6-10-18)29(23-20(25)13-27-24(26)28-23)17-7-11-19(12-8-17)35-15-22(31)33-4-2/h5-13H,3-4,14-15H2,1-2H3,(H2,26,27,28). The first-order valence-corrected chi connectivity index (χ1v) is 11.6. The normalized spacial score (nSPS) is 10.4. The van der Waals surface area contributed by atoms with E-state index in [1.807, 2.05) is 29.2 Å². The smallest absolute Gasteiger partial charge is 0.344 e. The van der Waals surface area contributed by atoms with Gasteiger partial charge in [0.1, 0.15) is 11.5 Å². The maximum absolute atomic E-state index is 11.6. The van der Waals surface area contributed by atoms with Crippen molar-refractivity contribution < 1.29 is 28.5 Å². The summed E-state index contributed by atoms with van der Waals surface area (Å²) in [5, 5.41) is 0. The summed E-state index contributed by atoms with van der Waals surface area (Å²) in [6.07, 6.45) is 1.57. The fraction of sp³-hybridized carbons (Fsp3) is 0.250. The molecule has 1 heterocycles. The number of halogens is 1. The van der Waals surface area contributed by atoms with Gasteiger partial charge in [-0.05, 0) is 78.3 Å². The molecule has 0 bridgehead atoms. The molecule has 0 aliphatic rings. The predicted molar refractivity (Wildman–Crippen MR) is 133 cm³/mol. The third-order valence-electron chi connectivity index (χ3n) is 4.47. The van der Waals surface area contributed by atoms with Crippen molar-refractivity contribution in [2.45, 2.75) is 13.8 Å². The van der Waals surface area contributed by atoms with Crippen LogP contribution in [0.25, 0.3) is 0 Å². The van der Waals surface area contributed by atoms with Crippen LogP contribution in [-0.4, -0.2) is 48.3 Å². The largest absolute Gasteiger partial charge is 0.482 e. The number of esters is 2. The van der Waals surface area contributed by atoms with Gasteiger partial charge >= 0.3 is 11.9 Å². The molecule has 35 heavy (non-hydrogen) atoms. The van der Waals surface area contributed by atoms with E-state index in [0.717, 1.165) is 11.4 Å². The van der Waals surface area contributed by atoms with Gasteiger partial charge in [0.15, 0.2) is 19.0 Å². The first-order chi connectivity index (χ1) is 16.9. The summed E-state index contributed by atoms with van der Waals surface area (Å²) in [5.74, 6) is 0.749. The second-order valence-electron chi connectivity index (χ2n) is 6.91. The summed E-state index contributed by atoms with van der Waals surface area (Å²) in [5.41, 5.74) is 7.34. The molecule has 2 N–H and O–H groups in total. The first-order valence-electron chi connectivity index (χ1n) is 10.8. The lowest BCUT2D eigenvalue weighted by Gasteiger charge is -2.25.